The fraction of sp³-hybridized carbons (Fsp3) is 0.346. The van der Waals surface area contributed by atoms with Crippen molar-refractivity contribution in [3.05, 3.63) is 65.7 Å². The molecule has 0 saturated carbocycles. The molecule has 1 heterocycles. The van der Waals surface area contributed by atoms with Gasteiger partial charge in [0.2, 0.25) is 0 Å². The maximum absolute atomic E-state index is 6.02. The quantitative estimate of drug-likeness (QED) is 0.585. The highest BCUT2D eigenvalue weighted by Crippen LogP contribution is 2.31. The van der Waals surface area contributed by atoms with Gasteiger partial charge in [-0.3, -0.25) is 4.99 Å². The molecule has 0 spiro atoms. The van der Waals surface area contributed by atoms with E-state index in [0.717, 1.165) is 36.7 Å². The molecule has 3 aromatic rings. The molecule has 160 valence electrons. The van der Waals surface area contributed by atoms with Crippen LogP contribution in [0.2, 0.25) is 0 Å². The van der Waals surface area contributed by atoms with Crippen molar-refractivity contribution in [1.82, 2.24) is 5.32 Å². The summed E-state index contributed by atoms with van der Waals surface area (Å²) in [6, 6.07) is 19.6. The number of nitrogens with two attached hydrogens (primary N) is 1. The van der Waals surface area contributed by atoms with Gasteiger partial charge in [-0.1, -0.05) is 62.7 Å². The van der Waals surface area contributed by atoms with Crippen molar-refractivity contribution in [2.24, 2.45) is 10.7 Å². The summed E-state index contributed by atoms with van der Waals surface area (Å²) in [4.78, 5) is 4.60. The molecule has 0 aromatic heterocycles. The average Bonchev–Trinajstić information content (AvgIpc) is 3.34. The lowest BCUT2D eigenvalue weighted by molar-refractivity contribution is 0.317. The summed E-state index contributed by atoms with van der Waals surface area (Å²) in [7, 11) is 1.50. The Morgan fingerprint density at radius 1 is 0.967 bits per heavy atom. The van der Waals surface area contributed by atoms with Crippen molar-refractivity contribution in [2.75, 3.05) is 26.7 Å². The number of hydrogen-bond donors (Lipinski definition) is 2. The summed E-state index contributed by atoms with van der Waals surface area (Å²) in [6.45, 7) is 10.7. The molecule has 3 N–H and O–H groups in total. The van der Waals surface area contributed by atoms with Gasteiger partial charge in [0, 0.05) is 6.54 Å². The summed E-state index contributed by atoms with van der Waals surface area (Å²) in [5, 5.41) is 5.78. The first kappa shape index (κ1) is 23.4. The van der Waals surface area contributed by atoms with Crippen molar-refractivity contribution in [3.63, 3.8) is 0 Å². The van der Waals surface area contributed by atoms with Gasteiger partial charge in [0.25, 0.3) is 0 Å². The van der Waals surface area contributed by atoms with Crippen LogP contribution in [-0.2, 0) is 0 Å². The summed E-state index contributed by atoms with van der Waals surface area (Å²) in [6.07, 6.45) is 0.990. The number of aryl methyl sites for hydroxylation is 1. The van der Waals surface area contributed by atoms with Gasteiger partial charge in [-0.15, -0.1) is 0 Å². The van der Waals surface area contributed by atoms with E-state index in [2.05, 4.69) is 84.5 Å². The molecule has 1 aliphatic rings. The highest BCUT2D eigenvalue weighted by atomic mass is 16.5. The van der Waals surface area contributed by atoms with Gasteiger partial charge in [0.05, 0.1) is 18.7 Å². The summed E-state index contributed by atoms with van der Waals surface area (Å²) in [5.41, 5.74) is 9.31. The average molecular weight is 406 g/mol. The number of benzene rings is 3. The van der Waals surface area contributed by atoms with Crippen LogP contribution in [0.25, 0.3) is 21.9 Å². The van der Waals surface area contributed by atoms with Crippen LogP contribution in [0.4, 0.5) is 0 Å². The summed E-state index contributed by atoms with van der Waals surface area (Å²) < 4.78 is 6.02. The van der Waals surface area contributed by atoms with Gasteiger partial charge in [0.15, 0.2) is 0 Å². The molecule has 0 saturated heterocycles. The Bertz CT molecular complexity index is 979. The van der Waals surface area contributed by atoms with Gasteiger partial charge >= 0.3 is 0 Å². The SMILES string of the molecule is CC.CCCOc1cc2ccc(-c3cccc(C)c3)cc2cc1C1=NCCN1.CN. The number of nitrogens with zero attached hydrogens (tertiary/aromatic N) is 1. The Labute approximate surface area is 181 Å². The number of ether oxygens (including phenoxy) is 1. The zero-order valence-corrected chi connectivity index (χ0v) is 19.0. The maximum atomic E-state index is 6.02. The Hall–Kier alpha value is -2.85. The van der Waals surface area contributed by atoms with E-state index in [0.29, 0.717) is 6.61 Å². The smallest absolute Gasteiger partial charge is 0.132 e. The molecule has 0 radical (unpaired) electrons. The molecule has 0 unspecified atom stereocenters. The monoisotopic (exact) mass is 405 g/mol. The number of aliphatic imine (C=N–C) groups is 1. The fourth-order valence-electron chi connectivity index (χ4n) is 3.38. The third kappa shape index (κ3) is 5.61. The molecule has 0 fully saturated rings. The molecule has 4 rings (SSSR count). The zero-order valence-electron chi connectivity index (χ0n) is 19.0. The second-order valence-electron chi connectivity index (χ2n) is 6.79. The Kier molecular flexibility index (Phi) is 9.36. The molecule has 4 heteroatoms. The number of hydrogen-bond acceptors (Lipinski definition) is 4. The molecule has 1 aliphatic heterocycles. The Balaban J connectivity index is 0.000000757. The third-order valence-electron chi connectivity index (χ3n) is 4.68. The van der Waals surface area contributed by atoms with E-state index in [-0.39, 0.29) is 0 Å². The molecule has 0 bridgehead atoms. The minimum absolute atomic E-state index is 0.715. The lowest BCUT2D eigenvalue weighted by Crippen LogP contribution is -2.20. The first-order chi connectivity index (χ1) is 14.7. The van der Waals surface area contributed by atoms with Crippen LogP contribution in [0.3, 0.4) is 0 Å². The molecule has 0 atom stereocenters. The molecule has 30 heavy (non-hydrogen) atoms. The zero-order chi connectivity index (χ0) is 21.9. The van der Waals surface area contributed by atoms with Gasteiger partial charge in [-0.05, 0) is 60.5 Å². The molecule has 3 aromatic carbocycles. The standard InChI is InChI=1S/C23H24N2O.C2H6.CH5N/c1-3-11-26-22-15-19-8-7-18(17-6-4-5-16(2)12-17)13-20(19)14-21(22)23-24-9-10-25-23;2*1-2/h4-8,12-15H,3,9-11H2,1-2H3,(H,24,25);1-2H3;2H2,1H3. The van der Waals surface area contributed by atoms with Crippen molar-refractivity contribution in [2.45, 2.75) is 34.1 Å². The number of amidine groups is 1. The van der Waals surface area contributed by atoms with Gasteiger partial charge in [-0.25, -0.2) is 0 Å². The summed E-state index contributed by atoms with van der Waals surface area (Å²) in [5.74, 6) is 1.86. The fourth-order valence-corrected chi connectivity index (χ4v) is 3.38. The van der Waals surface area contributed by atoms with E-state index in [1.807, 2.05) is 13.8 Å². The van der Waals surface area contributed by atoms with Crippen LogP contribution in [0.15, 0.2) is 59.6 Å². The topological polar surface area (TPSA) is 59.6 Å². The van der Waals surface area contributed by atoms with E-state index >= 15 is 0 Å². The van der Waals surface area contributed by atoms with E-state index in [9.17, 15) is 0 Å². The van der Waals surface area contributed by atoms with Crippen molar-refractivity contribution >= 4 is 16.6 Å². The van der Waals surface area contributed by atoms with E-state index < -0.39 is 0 Å². The van der Waals surface area contributed by atoms with Gasteiger partial charge in [0.1, 0.15) is 11.6 Å². The molecule has 0 aliphatic carbocycles. The molecule has 4 nitrogen and oxygen atoms in total. The first-order valence-electron chi connectivity index (χ1n) is 10.9. The summed E-state index contributed by atoms with van der Waals surface area (Å²) >= 11 is 0. The molecule has 0 amide bonds. The number of fused-ring (bicyclic) bond motifs is 1. The van der Waals surface area contributed by atoms with Crippen LogP contribution in [0.1, 0.15) is 38.3 Å². The maximum Gasteiger partial charge on any atom is 0.132 e. The molecular formula is C26H35N3O. The van der Waals surface area contributed by atoms with Crippen LogP contribution in [0, 0.1) is 6.92 Å². The predicted octanol–water partition coefficient (Wildman–Crippen LogP) is 5.55. The third-order valence-corrected chi connectivity index (χ3v) is 4.68. The minimum Gasteiger partial charge on any atom is -0.493 e. The van der Waals surface area contributed by atoms with Crippen molar-refractivity contribution in [3.8, 4) is 16.9 Å². The van der Waals surface area contributed by atoms with Crippen LogP contribution < -0.4 is 15.8 Å². The second-order valence-corrected chi connectivity index (χ2v) is 6.79. The first-order valence-corrected chi connectivity index (χ1v) is 10.9. The van der Waals surface area contributed by atoms with Crippen LogP contribution in [0.5, 0.6) is 5.75 Å². The number of rotatable bonds is 5. The van der Waals surface area contributed by atoms with Crippen molar-refractivity contribution < 1.29 is 4.74 Å². The highest BCUT2D eigenvalue weighted by Gasteiger charge is 2.15. The number of nitrogens with one attached hydrogen (secondary N) is 1. The lowest BCUT2D eigenvalue weighted by Gasteiger charge is -2.14. The normalized spacial score (nSPS) is 12.1. The minimum atomic E-state index is 0.715. The van der Waals surface area contributed by atoms with E-state index in [1.165, 1.54) is 34.5 Å². The van der Waals surface area contributed by atoms with E-state index in [4.69, 9.17) is 4.74 Å². The van der Waals surface area contributed by atoms with Gasteiger partial charge in [-0.2, -0.15) is 0 Å². The van der Waals surface area contributed by atoms with Gasteiger partial charge < -0.3 is 15.8 Å². The lowest BCUT2D eigenvalue weighted by atomic mass is 9.98. The largest absolute Gasteiger partial charge is 0.493 e. The second kappa shape index (κ2) is 12.0. The highest BCUT2D eigenvalue weighted by molar-refractivity contribution is 6.06. The Morgan fingerprint density at radius 3 is 2.40 bits per heavy atom. The Morgan fingerprint density at radius 2 is 1.73 bits per heavy atom. The van der Waals surface area contributed by atoms with Crippen LogP contribution >= 0.6 is 0 Å². The van der Waals surface area contributed by atoms with E-state index in [1.54, 1.807) is 0 Å². The van der Waals surface area contributed by atoms with Crippen LogP contribution in [-0.4, -0.2) is 32.6 Å². The van der Waals surface area contributed by atoms with Crippen molar-refractivity contribution in [1.29, 1.82) is 0 Å². The predicted molar refractivity (Wildman–Crippen MR) is 131 cm³/mol. The molecular weight excluding hydrogens is 370 g/mol.